The first-order chi connectivity index (χ1) is 31.3. The number of nitrogens with zero attached hydrogens (tertiary/aromatic N) is 2. The van der Waals surface area contributed by atoms with Crippen molar-refractivity contribution in [1.29, 1.82) is 5.26 Å². The van der Waals surface area contributed by atoms with Gasteiger partial charge in [0.05, 0.1) is 84.3 Å². The van der Waals surface area contributed by atoms with E-state index >= 15 is 0 Å². The van der Waals surface area contributed by atoms with Gasteiger partial charge in [-0.2, -0.15) is 5.26 Å². The van der Waals surface area contributed by atoms with Crippen LogP contribution < -0.4 is 30.1 Å². The molecule has 3 heterocycles. The lowest BCUT2D eigenvalue weighted by atomic mass is 10.00. The van der Waals surface area contributed by atoms with Crippen molar-refractivity contribution in [2.45, 2.75) is 30.7 Å². The van der Waals surface area contributed by atoms with Crippen molar-refractivity contribution in [3.8, 4) is 45.8 Å². The van der Waals surface area contributed by atoms with E-state index < -0.39 is 45.1 Å². The quantitative estimate of drug-likeness (QED) is 0.0799. The van der Waals surface area contributed by atoms with Crippen LogP contribution in [0.25, 0.3) is 33.4 Å². The number of nitrogens with two attached hydrogens (primary N) is 1. The number of hydrogen-bond acceptors (Lipinski definition) is 15. The largest absolute Gasteiger partial charge is 0.493 e. The first-order valence-electron chi connectivity index (χ1n) is 20.2. The Kier molecular flexibility index (Phi) is 14.6. The van der Waals surface area contributed by atoms with Crippen molar-refractivity contribution in [3.63, 3.8) is 0 Å². The summed E-state index contributed by atoms with van der Waals surface area (Å²) in [6.45, 7) is 3.87. The maximum absolute atomic E-state index is 13.4. The second-order valence-corrected chi connectivity index (χ2v) is 16.4. The van der Waals surface area contributed by atoms with Crippen LogP contribution in [0.5, 0.6) is 17.2 Å². The maximum Gasteiger partial charge on any atom is 0.266 e. The highest BCUT2D eigenvalue weighted by atomic mass is 35.5. The van der Waals surface area contributed by atoms with Crippen LogP contribution in [0.1, 0.15) is 46.0 Å². The van der Waals surface area contributed by atoms with E-state index in [0.29, 0.717) is 35.7 Å². The van der Waals surface area contributed by atoms with Crippen LogP contribution in [0.2, 0.25) is 5.02 Å². The number of carbonyl (C=O) groups excluding carboxylic acids is 4. The fraction of sp³-hybridized carbons (Fsp3) is 0.289. The molecule has 2 aliphatic rings. The first kappa shape index (κ1) is 46.3. The molecule has 0 spiro atoms. The molecular formula is C45H41ClN4O14S. The lowest BCUT2D eigenvalue weighted by molar-refractivity contribution is -0.136. The molecule has 1 fully saturated rings. The van der Waals surface area contributed by atoms with E-state index in [1.165, 1.54) is 36.4 Å². The zero-order valence-electron chi connectivity index (χ0n) is 34.8. The van der Waals surface area contributed by atoms with Gasteiger partial charge in [-0.15, -0.1) is 0 Å². The van der Waals surface area contributed by atoms with E-state index in [0.717, 1.165) is 11.0 Å². The van der Waals surface area contributed by atoms with Gasteiger partial charge >= 0.3 is 0 Å². The predicted molar refractivity (Wildman–Crippen MR) is 232 cm³/mol. The van der Waals surface area contributed by atoms with Crippen LogP contribution in [0.15, 0.2) is 86.9 Å². The zero-order valence-corrected chi connectivity index (χ0v) is 36.3. The van der Waals surface area contributed by atoms with E-state index in [2.05, 4.69) is 5.32 Å². The summed E-state index contributed by atoms with van der Waals surface area (Å²) in [6, 6.07) is 18.7. The number of rotatable bonds is 20. The molecule has 7 rings (SSSR count). The average Bonchev–Trinajstić information content (AvgIpc) is 3.53. The van der Waals surface area contributed by atoms with Gasteiger partial charge in [0, 0.05) is 29.7 Å². The number of sulfonamides is 1. The summed E-state index contributed by atoms with van der Waals surface area (Å²) >= 11 is 6.62. The molecule has 0 saturated carbocycles. The SMILES string of the molecule is CCOc1cc2oc(-c3ccc(OCCOCCOCCOCCOc4cccc5c4C(=O)N(C4CCC(=O)NC4=O)C5=O)cc3Cl)cc(=O)c2cc1-c1cc(C#N)cc(S(N)(=O)=O)c1. The molecule has 5 aromatic rings. The maximum atomic E-state index is 13.4. The number of fused-ring (bicyclic) bond motifs is 2. The van der Waals surface area contributed by atoms with Crippen LogP contribution in [-0.2, 0) is 33.8 Å². The van der Waals surface area contributed by atoms with Crippen molar-refractivity contribution in [2.24, 2.45) is 5.14 Å². The molecule has 338 valence electrons. The van der Waals surface area contributed by atoms with E-state index in [-0.39, 0.29) is 114 Å². The van der Waals surface area contributed by atoms with Crippen LogP contribution in [0, 0.1) is 11.3 Å². The second-order valence-electron chi connectivity index (χ2n) is 14.5. The van der Waals surface area contributed by atoms with Gasteiger partial charge in [0.1, 0.15) is 47.8 Å². The van der Waals surface area contributed by atoms with Gasteiger partial charge in [-0.25, -0.2) is 13.6 Å². The minimum absolute atomic E-state index is 0.0242. The highest BCUT2D eigenvalue weighted by Crippen LogP contribution is 2.38. The lowest BCUT2D eigenvalue weighted by Gasteiger charge is -2.27. The third-order valence-corrected chi connectivity index (χ3v) is 11.4. The molecule has 0 bridgehead atoms. The fourth-order valence-corrected chi connectivity index (χ4v) is 8.01. The second kappa shape index (κ2) is 20.5. The van der Waals surface area contributed by atoms with Crippen molar-refractivity contribution in [1.82, 2.24) is 10.2 Å². The number of primary sulfonamides is 1. The van der Waals surface area contributed by atoms with Crippen LogP contribution in [0.3, 0.4) is 0 Å². The first-order valence-corrected chi connectivity index (χ1v) is 22.2. The molecule has 4 aromatic carbocycles. The van der Waals surface area contributed by atoms with E-state index in [9.17, 15) is 37.7 Å². The van der Waals surface area contributed by atoms with Crippen LogP contribution in [-0.4, -0.2) is 102 Å². The minimum Gasteiger partial charge on any atom is -0.493 e. The van der Waals surface area contributed by atoms with Gasteiger partial charge in [0.15, 0.2) is 5.43 Å². The van der Waals surface area contributed by atoms with Gasteiger partial charge in [-0.05, 0) is 73.5 Å². The zero-order chi connectivity index (χ0) is 46.3. The smallest absolute Gasteiger partial charge is 0.266 e. The molecule has 18 nitrogen and oxygen atoms in total. The molecule has 3 N–H and O–H groups in total. The van der Waals surface area contributed by atoms with E-state index in [1.807, 2.05) is 6.07 Å². The van der Waals surface area contributed by atoms with Gasteiger partial charge in [-0.3, -0.25) is 34.2 Å². The topological polar surface area (TPSA) is 253 Å². The summed E-state index contributed by atoms with van der Waals surface area (Å²) in [7, 11) is -4.15. The number of carbonyl (C=O) groups is 4. The number of nitrogens with one attached hydrogen (secondary N) is 1. The van der Waals surface area contributed by atoms with Crippen molar-refractivity contribution < 1.29 is 60.4 Å². The molecule has 65 heavy (non-hydrogen) atoms. The van der Waals surface area contributed by atoms with E-state index in [4.69, 9.17) is 49.6 Å². The van der Waals surface area contributed by atoms with Gasteiger partial charge in [-0.1, -0.05) is 17.7 Å². The predicted octanol–water partition coefficient (Wildman–Crippen LogP) is 4.61. The Morgan fingerprint density at radius 1 is 0.800 bits per heavy atom. The monoisotopic (exact) mass is 928 g/mol. The Bertz CT molecular complexity index is 2900. The summed E-state index contributed by atoms with van der Waals surface area (Å²) in [6.07, 6.45) is 0.0797. The van der Waals surface area contributed by atoms with Crippen molar-refractivity contribution in [3.05, 3.63) is 105 Å². The molecule has 1 unspecified atom stereocenters. The molecule has 20 heteroatoms. The van der Waals surface area contributed by atoms with Crippen molar-refractivity contribution in [2.75, 3.05) is 59.5 Å². The molecule has 4 amide bonds. The number of imide groups is 2. The number of nitriles is 1. The molecule has 1 saturated heterocycles. The number of piperidine rings is 1. The number of benzene rings is 4. The standard InChI is InChI=1S/C45H41ClN4O14S/c1-2-61-38-24-40-33(22-32(38)27-18-26(25-47)19-29(20-27)65(48,56)57)36(51)23-39(64-40)30-7-6-28(21-34(30)46)62-16-14-59-12-10-58-11-13-60-15-17-63-37-5-3-4-31-42(37)45(55)50(44(31)54)35-8-9-41(52)49-43(35)53/h3-7,18-24,35H,2,8-17H2,1H3,(H2,48,56,57)(H,49,52,53). The van der Waals surface area contributed by atoms with Gasteiger partial charge in [0.2, 0.25) is 21.8 Å². The molecular weight excluding hydrogens is 888 g/mol. The normalized spacial score (nSPS) is 14.9. The fourth-order valence-electron chi connectivity index (χ4n) is 7.16. The number of ether oxygens (including phenoxy) is 6. The summed E-state index contributed by atoms with van der Waals surface area (Å²) in [4.78, 5) is 64.1. The van der Waals surface area contributed by atoms with Gasteiger partial charge in [0.25, 0.3) is 11.8 Å². The Morgan fingerprint density at radius 3 is 2.17 bits per heavy atom. The Labute approximate surface area is 376 Å². The summed E-state index contributed by atoms with van der Waals surface area (Å²) in [5, 5.41) is 17.5. The number of amides is 4. The van der Waals surface area contributed by atoms with Gasteiger partial charge < -0.3 is 32.8 Å². The molecule has 2 aliphatic heterocycles. The Balaban J connectivity index is 0.828. The highest BCUT2D eigenvalue weighted by molar-refractivity contribution is 7.89. The highest BCUT2D eigenvalue weighted by Gasteiger charge is 2.46. The molecule has 0 aliphatic carbocycles. The van der Waals surface area contributed by atoms with Crippen molar-refractivity contribution >= 4 is 56.2 Å². The van der Waals surface area contributed by atoms with Crippen LogP contribution >= 0.6 is 11.6 Å². The third kappa shape index (κ3) is 10.7. The summed E-state index contributed by atoms with van der Waals surface area (Å²) in [5.74, 6) is -1.29. The Hall–Kier alpha value is -6.66. The number of halogens is 1. The molecule has 0 radical (unpaired) electrons. The Morgan fingerprint density at radius 2 is 1.51 bits per heavy atom. The lowest BCUT2D eigenvalue weighted by Crippen LogP contribution is -2.54. The number of hydrogen-bond donors (Lipinski definition) is 2. The van der Waals surface area contributed by atoms with Crippen LogP contribution in [0.4, 0.5) is 0 Å². The average molecular weight is 929 g/mol. The van der Waals surface area contributed by atoms with E-state index in [1.54, 1.807) is 37.3 Å². The minimum atomic E-state index is -4.15. The third-order valence-electron chi connectivity index (χ3n) is 10.2. The molecule has 1 atom stereocenters. The summed E-state index contributed by atoms with van der Waals surface area (Å²) in [5.41, 5.74) is 1.13. The summed E-state index contributed by atoms with van der Waals surface area (Å²) < 4.78 is 64.5. The molecule has 1 aromatic heterocycles.